The molecule has 0 aliphatic carbocycles. The number of nitrogens with zero attached hydrogens (tertiary/aromatic N) is 2. The van der Waals surface area contributed by atoms with Gasteiger partial charge in [-0.1, -0.05) is 23.4 Å². The van der Waals surface area contributed by atoms with E-state index in [0.29, 0.717) is 0 Å². The molecule has 0 fully saturated rings. The molecule has 6 nitrogen and oxygen atoms in total. The molecule has 1 aromatic heterocycles. The Morgan fingerprint density at radius 3 is 2.71 bits per heavy atom. The number of pyridine rings is 1. The number of aromatic carboxylic acids is 1. The number of rotatable bonds is 4. The zero-order chi connectivity index (χ0) is 15.6. The molecular weight excluding hydrogens is 323 g/mol. The zero-order valence-corrected chi connectivity index (χ0v) is 11.7. The zero-order valence-electron chi connectivity index (χ0n) is 10.1. The lowest BCUT2D eigenvalue weighted by Crippen LogP contribution is -1.97. The highest BCUT2D eigenvalue weighted by Gasteiger charge is 2.15. The smallest absolute Gasteiger partial charge is 0.335 e. The molecule has 108 valence electrons. The van der Waals surface area contributed by atoms with Gasteiger partial charge < -0.3 is 5.11 Å². The van der Waals surface area contributed by atoms with Gasteiger partial charge >= 0.3 is 5.97 Å². The molecule has 0 atom stereocenters. The highest BCUT2D eigenvalue weighted by Crippen LogP contribution is 2.35. The Morgan fingerprint density at radius 1 is 1.43 bits per heavy atom. The summed E-state index contributed by atoms with van der Waals surface area (Å²) in [4.78, 5) is 24.6. The number of carbonyl (C=O) groups is 1. The first-order valence-electron chi connectivity index (χ1n) is 5.39. The van der Waals surface area contributed by atoms with Crippen molar-refractivity contribution in [3.8, 4) is 0 Å². The van der Waals surface area contributed by atoms with E-state index in [1.807, 2.05) is 0 Å². The van der Waals surface area contributed by atoms with Crippen LogP contribution in [0.3, 0.4) is 0 Å². The lowest BCUT2D eigenvalue weighted by molar-refractivity contribution is -0.385. The first kappa shape index (κ1) is 15.2. The maximum atomic E-state index is 13.7. The molecule has 0 aliphatic heterocycles. The van der Waals surface area contributed by atoms with Crippen LogP contribution in [0, 0.1) is 15.9 Å². The molecule has 1 heterocycles. The summed E-state index contributed by atoms with van der Waals surface area (Å²) in [6.45, 7) is 0. The molecule has 0 bridgehead atoms. The van der Waals surface area contributed by atoms with Gasteiger partial charge in [-0.15, -0.1) is 0 Å². The highest BCUT2D eigenvalue weighted by molar-refractivity contribution is 7.99. The number of hydrogen-bond acceptors (Lipinski definition) is 5. The first-order valence-corrected chi connectivity index (χ1v) is 6.58. The molecule has 9 heteroatoms. The van der Waals surface area contributed by atoms with Crippen molar-refractivity contribution >= 4 is 35.0 Å². The molecular formula is C12H6ClFN2O4S. The SMILES string of the molecule is O=C(O)c1ccc(F)c(Sc2ncc([N+](=O)[O-])cc2Cl)c1. The summed E-state index contributed by atoms with van der Waals surface area (Å²) in [5.74, 6) is -1.83. The monoisotopic (exact) mass is 328 g/mol. The van der Waals surface area contributed by atoms with E-state index >= 15 is 0 Å². The Kier molecular flexibility index (Phi) is 4.39. The summed E-state index contributed by atoms with van der Waals surface area (Å²) in [7, 11) is 0. The maximum Gasteiger partial charge on any atom is 0.335 e. The molecule has 21 heavy (non-hydrogen) atoms. The fraction of sp³-hybridized carbons (Fsp3) is 0. The molecule has 0 spiro atoms. The average molecular weight is 329 g/mol. The first-order chi connectivity index (χ1) is 9.88. The summed E-state index contributed by atoms with van der Waals surface area (Å²) < 4.78 is 13.7. The Bertz CT molecular complexity index is 741. The van der Waals surface area contributed by atoms with Crippen molar-refractivity contribution in [1.29, 1.82) is 0 Å². The molecule has 1 aromatic carbocycles. The van der Waals surface area contributed by atoms with E-state index in [0.717, 1.165) is 42.2 Å². The molecule has 2 rings (SSSR count). The Labute approximate surface area is 126 Å². The number of hydrogen-bond donors (Lipinski definition) is 1. The number of benzene rings is 1. The normalized spacial score (nSPS) is 10.4. The minimum Gasteiger partial charge on any atom is -0.478 e. The lowest BCUT2D eigenvalue weighted by Gasteiger charge is -2.05. The van der Waals surface area contributed by atoms with Crippen molar-refractivity contribution in [3.63, 3.8) is 0 Å². The predicted octanol–water partition coefficient (Wildman–Crippen LogP) is 3.63. The van der Waals surface area contributed by atoms with Crippen molar-refractivity contribution < 1.29 is 19.2 Å². The molecule has 0 amide bonds. The van der Waals surface area contributed by atoms with Gasteiger partial charge in [0.2, 0.25) is 0 Å². The Hall–Kier alpha value is -2.19. The summed E-state index contributed by atoms with van der Waals surface area (Å²) >= 11 is 6.64. The van der Waals surface area contributed by atoms with E-state index in [-0.39, 0.29) is 26.2 Å². The topological polar surface area (TPSA) is 93.3 Å². The van der Waals surface area contributed by atoms with E-state index < -0.39 is 16.7 Å². The summed E-state index contributed by atoms with van der Waals surface area (Å²) in [5.41, 5.74) is -0.374. The van der Waals surface area contributed by atoms with Crippen LogP contribution in [-0.4, -0.2) is 21.0 Å². The van der Waals surface area contributed by atoms with Gasteiger partial charge in [0.1, 0.15) is 17.0 Å². The van der Waals surface area contributed by atoms with Gasteiger partial charge in [-0.25, -0.2) is 14.2 Å². The molecule has 1 N–H and O–H groups in total. The third-order valence-electron chi connectivity index (χ3n) is 2.39. The van der Waals surface area contributed by atoms with Crippen LogP contribution >= 0.6 is 23.4 Å². The number of carboxylic acid groups (broad SMARTS) is 1. The van der Waals surface area contributed by atoms with Crippen LogP contribution in [0.5, 0.6) is 0 Å². The van der Waals surface area contributed by atoms with Crippen molar-refractivity contribution in [2.75, 3.05) is 0 Å². The van der Waals surface area contributed by atoms with Gasteiger partial charge in [-0.3, -0.25) is 10.1 Å². The standard InChI is InChI=1S/C12H6ClFN2O4S/c13-8-4-7(16(19)20)5-15-11(8)21-10-3-6(12(17)18)1-2-9(10)14/h1-5H,(H,17,18). The minimum absolute atomic E-state index is 0.0122. The molecule has 0 aliphatic rings. The second-order valence-corrected chi connectivity index (χ2v) is 5.23. The van der Waals surface area contributed by atoms with Crippen LogP contribution < -0.4 is 0 Å². The van der Waals surface area contributed by atoms with Gasteiger partial charge in [0, 0.05) is 6.07 Å². The maximum absolute atomic E-state index is 13.7. The summed E-state index contributed by atoms with van der Waals surface area (Å²) in [6.07, 6.45) is 0.993. The van der Waals surface area contributed by atoms with Crippen LogP contribution in [0.2, 0.25) is 5.02 Å². The van der Waals surface area contributed by atoms with E-state index in [2.05, 4.69) is 4.98 Å². The van der Waals surface area contributed by atoms with Crippen LogP contribution in [-0.2, 0) is 0 Å². The second-order valence-electron chi connectivity index (χ2n) is 3.79. The van der Waals surface area contributed by atoms with Crippen molar-refractivity contribution in [2.24, 2.45) is 0 Å². The van der Waals surface area contributed by atoms with Crippen LogP contribution in [0.1, 0.15) is 10.4 Å². The molecule has 0 saturated heterocycles. The van der Waals surface area contributed by atoms with Crippen molar-refractivity contribution in [2.45, 2.75) is 9.92 Å². The van der Waals surface area contributed by atoms with Crippen LogP contribution in [0.4, 0.5) is 10.1 Å². The van der Waals surface area contributed by atoms with Crippen molar-refractivity contribution in [3.05, 3.63) is 57.0 Å². The number of carboxylic acids is 1. The Morgan fingerprint density at radius 2 is 2.14 bits per heavy atom. The van der Waals surface area contributed by atoms with Gasteiger partial charge in [0.05, 0.1) is 20.4 Å². The molecule has 2 aromatic rings. The molecule has 0 saturated carbocycles. The molecule has 0 radical (unpaired) electrons. The largest absolute Gasteiger partial charge is 0.478 e. The average Bonchev–Trinajstić information content (AvgIpc) is 2.42. The highest BCUT2D eigenvalue weighted by atomic mass is 35.5. The molecule has 0 unspecified atom stereocenters. The third-order valence-corrected chi connectivity index (χ3v) is 3.84. The Balaban J connectivity index is 2.36. The van der Waals surface area contributed by atoms with Gasteiger partial charge in [0.25, 0.3) is 5.69 Å². The van der Waals surface area contributed by atoms with Crippen molar-refractivity contribution in [1.82, 2.24) is 4.98 Å². The van der Waals surface area contributed by atoms with Gasteiger partial charge in [-0.2, -0.15) is 0 Å². The van der Waals surface area contributed by atoms with E-state index in [9.17, 15) is 19.3 Å². The fourth-order valence-corrected chi connectivity index (χ4v) is 2.51. The second kappa shape index (κ2) is 6.06. The minimum atomic E-state index is -1.19. The van der Waals surface area contributed by atoms with E-state index in [1.165, 1.54) is 0 Å². The predicted molar refractivity (Wildman–Crippen MR) is 73.4 cm³/mol. The fourth-order valence-electron chi connectivity index (χ4n) is 1.41. The van der Waals surface area contributed by atoms with Crippen LogP contribution in [0.25, 0.3) is 0 Å². The van der Waals surface area contributed by atoms with E-state index in [4.69, 9.17) is 16.7 Å². The van der Waals surface area contributed by atoms with Crippen LogP contribution in [0.15, 0.2) is 40.4 Å². The summed E-state index contributed by atoms with van der Waals surface area (Å²) in [6, 6.07) is 4.38. The van der Waals surface area contributed by atoms with E-state index in [1.54, 1.807) is 0 Å². The number of aromatic nitrogens is 1. The van der Waals surface area contributed by atoms with Gasteiger partial charge in [0.15, 0.2) is 0 Å². The van der Waals surface area contributed by atoms with Gasteiger partial charge in [-0.05, 0) is 18.2 Å². The third kappa shape index (κ3) is 3.47. The number of nitro groups is 1. The quantitative estimate of drug-likeness (QED) is 0.680. The number of halogens is 2. The lowest BCUT2D eigenvalue weighted by atomic mass is 10.2. The summed E-state index contributed by atoms with van der Waals surface area (Å²) in [5, 5.41) is 19.6.